The Morgan fingerprint density at radius 2 is 1.46 bits per heavy atom. The van der Waals surface area contributed by atoms with Crippen LogP contribution in [0.4, 0.5) is 0 Å². The van der Waals surface area contributed by atoms with E-state index in [-0.39, 0.29) is 35.2 Å². The van der Waals surface area contributed by atoms with Crippen molar-refractivity contribution in [3.05, 3.63) is 76.9 Å². The molecule has 2 fully saturated rings. The second kappa shape index (κ2) is 6.44. The van der Waals surface area contributed by atoms with Gasteiger partial charge in [0.05, 0.1) is 0 Å². The Morgan fingerprint density at radius 1 is 0.893 bits per heavy atom. The number of hydrogen-bond acceptors (Lipinski definition) is 3. The topological polar surface area (TPSA) is 43.4 Å². The molecular formula is C25H24O3. The molecule has 2 aromatic carbocycles. The van der Waals surface area contributed by atoms with Crippen LogP contribution < -0.4 is 4.74 Å². The fourth-order valence-electron chi connectivity index (χ4n) is 5.62. The number of ether oxygens (including phenoxy) is 1. The Balaban J connectivity index is 1.42. The smallest absolute Gasteiger partial charge is 0.152 e. The summed E-state index contributed by atoms with van der Waals surface area (Å²) in [6.45, 7) is 4.47. The number of carbonyl (C=O) groups is 2. The van der Waals surface area contributed by atoms with Crippen molar-refractivity contribution in [1.29, 1.82) is 0 Å². The molecule has 0 saturated heterocycles. The van der Waals surface area contributed by atoms with E-state index in [1.54, 1.807) is 0 Å². The van der Waals surface area contributed by atoms with Crippen LogP contribution in [0.3, 0.4) is 0 Å². The highest BCUT2D eigenvalue weighted by atomic mass is 16.5. The lowest BCUT2D eigenvalue weighted by Gasteiger charge is -2.18. The number of Topliss-reactive ketones (excluding diaryl/α,β-unsaturated/α-hetero) is 2. The Morgan fingerprint density at radius 3 is 2.04 bits per heavy atom. The third-order valence-electron chi connectivity index (χ3n) is 6.79. The summed E-state index contributed by atoms with van der Waals surface area (Å²) in [6.07, 6.45) is 5.28. The number of hydrogen-bond donors (Lipinski definition) is 0. The molecule has 0 heterocycles. The van der Waals surface area contributed by atoms with Crippen molar-refractivity contribution in [3.8, 4) is 5.75 Å². The zero-order chi connectivity index (χ0) is 19.4. The zero-order valence-electron chi connectivity index (χ0n) is 16.2. The molecule has 142 valence electrons. The summed E-state index contributed by atoms with van der Waals surface area (Å²) in [4.78, 5) is 26.4. The molecule has 5 rings (SSSR count). The van der Waals surface area contributed by atoms with Gasteiger partial charge in [0, 0.05) is 11.8 Å². The van der Waals surface area contributed by atoms with E-state index in [2.05, 4.69) is 12.2 Å². The van der Waals surface area contributed by atoms with E-state index in [0.717, 1.165) is 34.4 Å². The molecule has 4 unspecified atom stereocenters. The van der Waals surface area contributed by atoms with E-state index >= 15 is 0 Å². The number of carbonyl (C=O) groups excluding carboxylic acids is 2. The summed E-state index contributed by atoms with van der Waals surface area (Å²) in [5, 5.41) is 0. The fraction of sp³-hybridized carbons (Fsp3) is 0.360. The molecule has 3 nitrogen and oxygen atoms in total. The number of rotatable bonds is 4. The average Bonchev–Trinajstić information content (AvgIpc) is 3.36. The lowest BCUT2D eigenvalue weighted by atomic mass is 9.85. The van der Waals surface area contributed by atoms with Crippen LogP contribution in [0.15, 0.2) is 54.6 Å². The van der Waals surface area contributed by atoms with Gasteiger partial charge in [-0.15, -0.1) is 0 Å². The first-order chi connectivity index (χ1) is 13.5. The van der Waals surface area contributed by atoms with Crippen LogP contribution >= 0.6 is 0 Å². The van der Waals surface area contributed by atoms with E-state index in [4.69, 9.17) is 4.74 Å². The van der Waals surface area contributed by atoms with Gasteiger partial charge < -0.3 is 4.74 Å². The van der Waals surface area contributed by atoms with Crippen LogP contribution in [0.5, 0.6) is 5.75 Å². The molecule has 2 aromatic rings. The van der Waals surface area contributed by atoms with Crippen molar-refractivity contribution in [2.45, 2.75) is 32.8 Å². The van der Waals surface area contributed by atoms with E-state index in [1.165, 1.54) is 0 Å². The van der Waals surface area contributed by atoms with Gasteiger partial charge in [-0.3, -0.25) is 9.59 Å². The maximum atomic E-state index is 13.2. The number of fused-ring (bicyclic) bond motifs is 5. The molecule has 0 amide bonds. The molecule has 3 aliphatic rings. The second-order valence-corrected chi connectivity index (χ2v) is 8.48. The van der Waals surface area contributed by atoms with Crippen LogP contribution in [0.2, 0.25) is 0 Å². The van der Waals surface area contributed by atoms with Gasteiger partial charge in [-0.1, -0.05) is 42.5 Å². The van der Waals surface area contributed by atoms with Gasteiger partial charge in [0.15, 0.2) is 11.6 Å². The predicted octanol–water partition coefficient (Wildman–Crippen LogP) is 4.56. The molecule has 28 heavy (non-hydrogen) atoms. The van der Waals surface area contributed by atoms with E-state index in [0.29, 0.717) is 6.61 Å². The first-order valence-corrected chi connectivity index (χ1v) is 10.1. The minimum Gasteiger partial charge on any atom is -0.489 e. The highest BCUT2D eigenvalue weighted by Crippen LogP contribution is 2.56. The molecular weight excluding hydrogens is 348 g/mol. The van der Waals surface area contributed by atoms with Crippen LogP contribution in [0.25, 0.3) is 0 Å². The summed E-state index contributed by atoms with van der Waals surface area (Å²) in [7, 11) is 0. The largest absolute Gasteiger partial charge is 0.489 e. The third kappa shape index (κ3) is 2.56. The lowest BCUT2D eigenvalue weighted by Crippen LogP contribution is -2.21. The highest BCUT2D eigenvalue weighted by Gasteiger charge is 2.60. The quantitative estimate of drug-likeness (QED) is 0.584. The highest BCUT2D eigenvalue weighted by molar-refractivity contribution is 6.17. The van der Waals surface area contributed by atoms with Gasteiger partial charge in [0.2, 0.25) is 0 Å². The van der Waals surface area contributed by atoms with E-state index in [9.17, 15) is 9.59 Å². The first-order valence-electron chi connectivity index (χ1n) is 10.1. The van der Waals surface area contributed by atoms with Crippen LogP contribution in [-0.4, -0.2) is 11.6 Å². The number of benzene rings is 2. The Labute approximate surface area is 165 Å². The standard InChI is InChI=1S/C25H24O3/c1-14-10-19(28-13-16-6-4-3-5-7-16)11-15(2)20(14)23-24(26)21-17-8-9-18(12-17)22(21)25(23)27/h3-11,17-18,21-23H,12-13H2,1-2H3. The number of aryl methyl sites for hydroxylation is 2. The van der Waals surface area contributed by atoms with E-state index in [1.807, 2.05) is 56.3 Å². The Bertz CT molecular complexity index is 935. The van der Waals surface area contributed by atoms with Gasteiger partial charge in [0.1, 0.15) is 18.3 Å². The summed E-state index contributed by atoms with van der Waals surface area (Å²) < 4.78 is 5.96. The molecule has 0 aromatic heterocycles. The van der Waals surface area contributed by atoms with Crippen LogP contribution in [0, 0.1) is 37.5 Å². The van der Waals surface area contributed by atoms with Gasteiger partial charge in [-0.05, 0) is 66.5 Å². The van der Waals surface area contributed by atoms with Gasteiger partial charge in [0.25, 0.3) is 0 Å². The SMILES string of the molecule is Cc1cc(OCc2ccccc2)cc(C)c1C1C(=O)C2C3C=CC(C3)C2C1=O. The Kier molecular flexibility index (Phi) is 4.01. The Hall–Kier alpha value is -2.68. The molecule has 0 radical (unpaired) electrons. The van der Waals surface area contributed by atoms with Crippen LogP contribution in [-0.2, 0) is 16.2 Å². The molecule has 2 saturated carbocycles. The van der Waals surface area contributed by atoms with Crippen molar-refractivity contribution < 1.29 is 14.3 Å². The van der Waals surface area contributed by atoms with Crippen molar-refractivity contribution in [2.24, 2.45) is 23.7 Å². The van der Waals surface area contributed by atoms with Gasteiger partial charge >= 0.3 is 0 Å². The second-order valence-electron chi connectivity index (χ2n) is 8.48. The third-order valence-corrected chi connectivity index (χ3v) is 6.79. The molecule has 4 atom stereocenters. The summed E-state index contributed by atoms with van der Waals surface area (Å²) in [5.41, 5.74) is 3.94. The minimum atomic E-state index is -0.594. The molecule has 2 bridgehead atoms. The van der Waals surface area contributed by atoms with Crippen molar-refractivity contribution in [2.75, 3.05) is 0 Å². The molecule has 3 aliphatic carbocycles. The maximum Gasteiger partial charge on any atom is 0.152 e. The van der Waals surface area contributed by atoms with Crippen molar-refractivity contribution in [3.63, 3.8) is 0 Å². The van der Waals surface area contributed by atoms with Gasteiger partial charge in [-0.2, -0.15) is 0 Å². The summed E-state index contributed by atoms with van der Waals surface area (Å²) >= 11 is 0. The number of ketones is 2. The predicted molar refractivity (Wildman–Crippen MR) is 107 cm³/mol. The first kappa shape index (κ1) is 17.4. The normalized spacial score (nSPS) is 30.1. The summed E-state index contributed by atoms with van der Waals surface area (Å²) in [5.74, 6) is 0.800. The molecule has 0 aliphatic heterocycles. The van der Waals surface area contributed by atoms with Crippen molar-refractivity contribution >= 4 is 11.6 Å². The van der Waals surface area contributed by atoms with E-state index < -0.39 is 5.92 Å². The zero-order valence-corrected chi connectivity index (χ0v) is 16.2. The lowest BCUT2D eigenvalue weighted by molar-refractivity contribution is -0.125. The van der Waals surface area contributed by atoms with Crippen molar-refractivity contribution in [1.82, 2.24) is 0 Å². The number of allylic oxidation sites excluding steroid dienone is 2. The fourth-order valence-corrected chi connectivity index (χ4v) is 5.62. The maximum absolute atomic E-state index is 13.2. The average molecular weight is 372 g/mol. The minimum absolute atomic E-state index is 0.0969. The molecule has 0 N–H and O–H groups in total. The summed E-state index contributed by atoms with van der Waals surface area (Å²) in [6, 6.07) is 14.0. The van der Waals surface area contributed by atoms with Gasteiger partial charge in [-0.25, -0.2) is 0 Å². The van der Waals surface area contributed by atoms with Crippen LogP contribution in [0.1, 0.15) is 34.6 Å². The monoisotopic (exact) mass is 372 g/mol. The molecule has 3 heteroatoms. The molecule has 0 spiro atoms.